The van der Waals surface area contributed by atoms with Crippen LogP contribution in [0.1, 0.15) is 48.6 Å². The van der Waals surface area contributed by atoms with E-state index in [-0.39, 0.29) is 11.9 Å². The van der Waals surface area contributed by atoms with E-state index in [2.05, 4.69) is 5.32 Å². The van der Waals surface area contributed by atoms with E-state index in [4.69, 9.17) is 0 Å². The number of rotatable bonds is 7. The Balaban J connectivity index is 2.34. The van der Waals surface area contributed by atoms with Crippen LogP contribution in [0.25, 0.3) is 0 Å². The minimum atomic E-state index is -3.64. The van der Waals surface area contributed by atoms with E-state index < -0.39 is 16.1 Å². The highest BCUT2D eigenvalue weighted by molar-refractivity contribution is 7.92. The summed E-state index contributed by atoms with van der Waals surface area (Å²) in [5.74, 6) is -0.305. The number of sulfonamides is 1. The van der Waals surface area contributed by atoms with Crippen molar-refractivity contribution in [2.24, 2.45) is 0 Å². The topological polar surface area (TPSA) is 66.5 Å². The van der Waals surface area contributed by atoms with Crippen molar-refractivity contribution in [3.05, 3.63) is 64.7 Å². The summed E-state index contributed by atoms with van der Waals surface area (Å²) < 4.78 is 26.4. The average Bonchev–Trinajstić information content (AvgIpc) is 2.57. The van der Waals surface area contributed by atoms with Crippen LogP contribution in [0.5, 0.6) is 0 Å². The molecule has 0 aliphatic rings. The van der Waals surface area contributed by atoms with Gasteiger partial charge in [-0.05, 0) is 62.9 Å². The monoisotopic (exact) mass is 402 g/mol. The Kier molecular flexibility index (Phi) is 6.88. The summed E-state index contributed by atoms with van der Waals surface area (Å²) in [6.07, 6.45) is 1.51. The van der Waals surface area contributed by atoms with Crippen molar-refractivity contribution in [2.75, 3.05) is 10.6 Å². The average molecular weight is 403 g/mol. The molecule has 1 N–H and O–H groups in total. The van der Waals surface area contributed by atoms with Crippen LogP contribution in [-0.2, 0) is 14.8 Å². The molecule has 0 aliphatic heterocycles. The summed E-state index contributed by atoms with van der Waals surface area (Å²) in [6, 6.07) is 12.5. The Morgan fingerprint density at radius 2 is 1.54 bits per heavy atom. The molecule has 5 nitrogen and oxygen atoms in total. The molecule has 0 fully saturated rings. The Labute approximate surface area is 168 Å². The first-order chi connectivity index (χ1) is 13.0. The van der Waals surface area contributed by atoms with Crippen LogP contribution in [0, 0.1) is 20.8 Å². The number of aryl methyl sites for hydroxylation is 3. The molecule has 0 heterocycles. The number of hydrogen-bond acceptors (Lipinski definition) is 3. The van der Waals surface area contributed by atoms with Gasteiger partial charge in [-0.3, -0.25) is 9.10 Å². The van der Waals surface area contributed by atoms with Crippen LogP contribution < -0.4 is 9.62 Å². The first-order valence-electron chi connectivity index (χ1n) is 9.47. The lowest BCUT2D eigenvalue weighted by molar-refractivity contribution is -0.122. The van der Waals surface area contributed by atoms with Gasteiger partial charge in [0.25, 0.3) is 0 Å². The molecule has 2 aromatic rings. The molecule has 0 spiro atoms. The molecule has 6 heteroatoms. The van der Waals surface area contributed by atoms with Crippen molar-refractivity contribution in [2.45, 2.75) is 53.1 Å². The van der Waals surface area contributed by atoms with Gasteiger partial charge < -0.3 is 5.32 Å². The molecule has 2 atom stereocenters. The standard InChI is InChI=1S/C22H30N2O3S/c1-7-21(22(25)23-18(5)19-10-8-15(2)9-11-19)24(28(6,26)27)20-13-16(3)12-17(4)14-20/h8-14,18,21H,7H2,1-6H3,(H,23,25)/t18-,21+/m0/s1. The van der Waals surface area contributed by atoms with Crippen LogP contribution in [0.3, 0.4) is 0 Å². The number of nitrogens with zero attached hydrogens (tertiary/aromatic N) is 1. The minimum Gasteiger partial charge on any atom is -0.348 e. The Bertz CT molecular complexity index is 917. The van der Waals surface area contributed by atoms with E-state index in [0.717, 1.165) is 28.5 Å². The highest BCUT2D eigenvalue weighted by atomic mass is 32.2. The lowest BCUT2D eigenvalue weighted by Gasteiger charge is -2.31. The molecular weight excluding hydrogens is 372 g/mol. The van der Waals surface area contributed by atoms with Gasteiger partial charge in [0, 0.05) is 0 Å². The molecule has 0 unspecified atom stereocenters. The van der Waals surface area contributed by atoms with Gasteiger partial charge in [-0.15, -0.1) is 0 Å². The van der Waals surface area contributed by atoms with Crippen molar-refractivity contribution in [1.82, 2.24) is 5.32 Å². The van der Waals surface area contributed by atoms with E-state index in [1.165, 1.54) is 4.31 Å². The molecule has 2 rings (SSSR count). The maximum atomic E-state index is 13.0. The van der Waals surface area contributed by atoms with Gasteiger partial charge in [-0.2, -0.15) is 0 Å². The molecule has 0 saturated carbocycles. The number of carbonyl (C=O) groups is 1. The van der Waals surface area contributed by atoms with Gasteiger partial charge in [0.1, 0.15) is 6.04 Å². The summed E-state index contributed by atoms with van der Waals surface area (Å²) >= 11 is 0. The Morgan fingerprint density at radius 1 is 1.00 bits per heavy atom. The van der Waals surface area contributed by atoms with Crippen molar-refractivity contribution in [3.63, 3.8) is 0 Å². The predicted octanol–water partition coefficient (Wildman–Crippen LogP) is 4.03. The highest BCUT2D eigenvalue weighted by Crippen LogP contribution is 2.25. The fraction of sp³-hybridized carbons (Fsp3) is 0.409. The number of nitrogens with one attached hydrogen (secondary N) is 1. The molecule has 0 aromatic heterocycles. The molecule has 0 radical (unpaired) electrons. The quantitative estimate of drug-likeness (QED) is 0.760. The van der Waals surface area contributed by atoms with E-state index in [9.17, 15) is 13.2 Å². The molecule has 152 valence electrons. The van der Waals surface area contributed by atoms with Crippen molar-refractivity contribution in [3.8, 4) is 0 Å². The van der Waals surface area contributed by atoms with Crippen molar-refractivity contribution >= 4 is 21.6 Å². The normalized spacial score (nSPS) is 13.6. The minimum absolute atomic E-state index is 0.220. The van der Waals surface area contributed by atoms with Gasteiger partial charge in [0.05, 0.1) is 18.0 Å². The lowest BCUT2D eigenvalue weighted by Crippen LogP contribution is -2.49. The second kappa shape index (κ2) is 8.78. The van der Waals surface area contributed by atoms with Crippen LogP contribution >= 0.6 is 0 Å². The molecule has 0 saturated heterocycles. The molecule has 28 heavy (non-hydrogen) atoms. The van der Waals surface area contributed by atoms with Crippen LogP contribution in [0.4, 0.5) is 5.69 Å². The lowest BCUT2D eigenvalue weighted by atomic mass is 10.1. The van der Waals surface area contributed by atoms with Crippen molar-refractivity contribution in [1.29, 1.82) is 0 Å². The molecule has 1 amide bonds. The first kappa shape index (κ1) is 22.0. The highest BCUT2D eigenvalue weighted by Gasteiger charge is 2.32. The van der Waals surface area contributed by atoms with E-state index in [1.807, 2.05) is 65.0 Å². The number of hydrogen-bond donors (Lipinski definition) is 1. The molecule has 2 aromatic carbocycles. The largest absolute Gasteiger partial charge is 0.348 e. The van der Waals surface area contributed by atoms with Crippen LogP contribution in [0.15, 0.2) is 42.5 Å². The zero-order valence-corrected chi connectivity index (χ0v) is 18.3. The summed E-state index contributed by atoms with van der Waals surface area (Å²) in [4.78, 5) is 13.0. The smallest absolute Gasteiger partial charge is 0.244 e. The van der Waals surface area contributed by atoms with E-state index >= 15 is 0 Å². The summed E-state index contributed by atoms with van der Waals surface area (Å²) in [5.41, 5.74) is 4.54. The third-order valence-corrected chi connectivity index (χ3v) is 5.91. The predicted molar refractivity (Wildman–Crippen MR) is 115 cm³/mol. The molecule has 0 aliphatic carbocycles. The van der Waals surface area contributed by atoms with Crippen molar-refractivity contribution < 1.29 is 13.2 Å². The second-order valence-electron chi connectivity index (χ2n) is 7.47. The second-order valence-corrected chi connectivity index (χ2v) is 9.33. The number of carbonyl (C=O) groups excluding carboxylic acids is 1. The zero-order chi connectivity index (χ0) is 21.1. The maximum absolute atomic E-state index is 13.0. The third-order valence-electron chi connectivity index (χ3n) is 4.73. The number of anilines is 1. The fourth-order valence-electron chi connectivity index (χ4n) is 3.39. The summed E-state index contributed by atoms with van der Waals surface area (Å²) in [6.45, 7) is 9.56. The molecular formula is C22H30N2O3S. The van der Waals surface area contributed by atoms with E-state index in [0.29, 0.717) is 12.1 Å². The first-order valence-corrected chi connectivity index (χ1v) is 11.3. The fourth-order valence-corrected chi connectivity index (χ4v) is 4.58. The third kappa shape index (κ3) is 5.35. The molecule has 0 bridgehead atoms. The van der Waals surface area contributed by atoms with Gasteiger partial charge in [0.15, 0.2) is 0 Å². The van der Waals surface area contributed by atoms with Gasteiger partial charge in [0.2, 0.25) is 15.9 Å². The van der Waals surface area contributed by atoms with Gasteiger partial charge >= 0.3 is 0 Å². The maximum Gasteiger partial charge on any atom is 0.244 e. The van der Waals surface area contributed by atoms with Gasteiger partial charge in [-0.1, -0.05) is 42.8 Å². The number of amides is 1. The summed E-state index contributed by atoms with van der Waals surface area (Å²) in [7, 11) is -3.64. The zero-order valence-electron chi connectivity index (χ0n) is 17.5. The van der Waals surface area contributed by atoms with Crippen LogP contribution in [0.2, 0.25) is 0 Å². The SMILES string of the molecule is CC[C@H](C(=O)N[C@@H](C)c1ccc(C)cc1)N(c1cc(C)cc(C)c1)S(C)(=O)=O. The number of benzene rings is 2. The Hall–Kier alpha value is -2.34. The van der Waals surface area contributed by atoms with Gasteiger partial charge in [-0.25, -0.2) is 8.42 Å². The Morgan fingerprint density at radius 3 is 2.00 bits per heavy atom. The summed E-state index contributed by atoms with van der Waals surface area (Å²) in [5, 5.41) is 2.97. The van der Waals surface area contributed by atoms with Crippen LogP contribution in [-0.4, -0.2) is 26.6 Å². The van der Waals surface area contributed by atoms with E-state index in [1.54, 1.807) is 12.1 Å².